The van der Waals surface area contributed by atoms with Gasteiger partial charge in [0.05, 0.1) is 6.20 Å². The monoisotopic (exact) mass is 194 g/mol. The summed E-state index contributed by atoms with van der Waals surface area (Å²) >= 11 is 1.76. The van der Waals surface area contributed by atoms with Gasteiger partial charge in [-0.25, -0.2) is 0 Å². The van der Waals surface area contributed by atoms with Crippen LogP contribution in [0.2, 0.25) is 0 Å². The highest BCUT2D eigenvalue weighted by atomic mass is 32.1. The Morgan fingerprint density at radius 1 is 1.46 bits per heavy atom. The Kier molecular flexibility index (Phi) is 2.74. The number of nitrogens with zero attached hydrogens (tertiary/aromatic N) is 1. The normalized spacial score (nSPS) is 10.5. The quantitative estimate of drug-likeness (QED) is 0.809. The van der Waals surface area contributed by atoms with Crippen LogP contribution in [0.5, 0.6) is 0 Å². The summed E-state index contributed by atoms with van der Waals surface area (Å²) in [5.41, 5.74) is 1.08. The maximum Gasteiger partial charge on any atom is 0.128 e. The molecule has 4 heteroatoms. The van der Waals surface area contributed by atoms with E-state index in [4.69, 9.17) is 4.52 Å². The lowest BCUT2D eigenvalue weighted by molar-refractivity contribution is 0.418. The molecule has 1 N–H and O–H groups in total. The molecule has 0 aliphatic heterocycles. The Labute approximate surface area is 80.4 Å². The summed E-state index contributed by atoms with van der Waals surface area (Å²) in [7, 11) is 0. The molecule has 0 fully saturated rings. The standard InChI is InChI=1S/C9H10N2OS/c1-2-9(13-3-1)6-10-4-8-5-11-12-7-8/h1-3,5,7,10H,4,6H2. The zero-order valence-electron chi connectivity index (χ0n) is 7.06. The first-order valence-electron chi connectivity index (χ1n) is 4.06. The fraction of sp³-hybridized carbons (Fsp3) is 0.222. The summed E-state index contributed by atoms with van der Waals surface area (Å²) in [6.45, 7) is 1.71. The van der Waals surface area contributed by atoms with Gasteiger partial charge in [-0.05, 0) is 11.4 Å². The largest absolute Gasteiger partial charge is 0.364 e. The number of rotatable bonds is 4. The Morgan fingerprint density at radius 3 is 3.15 bits per heavy atom. The molecule has 2 heterocycles. The van der Waals surface area contributed by atoms with E-state index >= 15 is 0 Å². The van der Waals surface area contributed by atoms with Gasteiger partial charge in [0.25, 0.3) is 0 Å². The second kappa shape index (κ2) is 4.20. The molecule has 2 rings (SSSR count). The van der Waals surface area contributed by atoms with Crippen molar-refractivity contribution in [1.82, 2.24) is 10.5 Å². The van der Waals surface area contributed by atoms with E-state index in [-0.39, 0.29) is 0 Å². The SMILES string of the molecule is c1csc(CNCc2cnoc2)c1. The topological polar surface area (TPSA) is 38.1 Å². The zero-order chi connectivity index (χ0) is 8.93. The Bertz CT molecular complexity index is 294. The van der Waals surface area contributed by atoms with Gasteiger partial charge in [-0.3, -0.25) is 0 Å². The van der Waals surface area contributed by atoms with E-state index in [1.54, 1.807) is 23.8 Å². The second-order valence-corrected chi connectivity index (χ2v) is 3.75. The van der Waals surface area contributed by atoms with Gasteiger partial charge >= 0.3 is 0 Å². The van der Waals surface area contributed by atoms with Crippen molar-refractivity contribution in [2.75, 3.05) is 0 Å². The van der Waals surface area contributed by atoms with E-state index < -0.39 is 0 Å². The molecule has 0 aromatic carbocycles. The maximum atomic E-state index is 4.71. The minimum Gasteiger partial charge on any atom is -0.364 e. The van der Waals surface area contributed by atoms with Crippen molar-refractivity contribution in [2.24, 2.45) is 0 Å². The van der Waals surface area contributed by atoms with Crippen LogP contribution in [0, 0.1) is 0 Å². The van der Waals surface area contributed by atoms with Crippen molar-refractivity contribution in [2.45, 2.75) is 13.1 Å². The van der Waals surface area contributed by atoms with Crippen molar-refractivity contribution >= 4 is 11.3 Å². The Hall–Kier alpha value is -1.13. The van der Waals surface area contributed by atoms with E-state index in [0.29, 0.717) is 0 Å². The first kappa shape index (κ1) is 8.47. The van der Waals surface area contributed by atoms with Crippen molar-refractivity contribution in [3.8, 4) is 0 Å². The molecule has 0 bridgehead atoms. The van der Waals surface area contributed by atoms with Crippen molar-refractivity contribution < 1.29 is 4.52 Å². The van der Waals surface area contributed by atoms with Gasteiger partial charge in [0.2, 0.25) is 0 Å². The summed E-state index contributed by atoms with van der Waals surface area (Å²) in [5, 5.41) is 9.01. The number of hydrogen-bond donors (Lipinski definition) is 1. The molecule has 13 heavy (non-hydrogen) atoms. The summed E-state index contributed by atoms with van der Waals surface area (Å²) in [5.74, 6) is 0. The predicted molar refractivity (Wildman–Crippen MR) is 51.4 cm³/mol. The molecular formula is C9H10N2OS. The van der Waals surface area contributed by atoms with Gasteiger partial charge < -0.3 is 9.84 Å². The fourth-order valence-corrected chi connectivity index (χ4v) is 1.73. The summed E-state index contributed by atoms with van der Waals surface area (Å²) in [6.07, 6.45) is 3.38. The van der Waals surface area contributed by atoms with Crippen LogP contribution in [0.1, 0.15) is 10.4 Å². The average Bonchev–Trinajstić information content (AvgIpc) is 2.75. The van der Waals surface area contributed by atoms with Crippen LogP contribution in [-0.2, 0) is 13.1 Å². The third-order valence-corrected chi connectivity index (χ3v) is 2.57. The molecule has 0 aliphatic rings. The minimum absolute atomic E-state index is 0.807. The van der Waals surface area contributed by atoms with Crippen LogP contribution in [0.25, 0.3) is 0 Å². The lowest BCUT2D eigenvalue weighted by atomic mass is 10.3. The highest BCUT2D eigenvalue weighted by Gasteiger charge is 1.95. The molecule has 0 saturated heterocycles. The lowest BCUT2D eigenvalue weighted by Crippen LogP contribution is -2.10. The van der Waals surface area contributed by atoms with Crippen LogP contribution in [0.15, 0.2) is 34.5 Å². The molecule has 2 aromatic rings. The molecule has 0 aliphatic carbocycles. The average molecular weight is 194 g/mol. The molecule has 2 aromatic heterocycles. The van der Waals surface area contributed by atoms with Gasteiger partial charge in [-0.1, -0.05) is 11.2 Å². The third-order valence-electron chi connectivity index (χ3n) is 1.69. The highest BCUT2D eigenvalue weighted by molar-refractivity contribution is 7.09. The van der Waals surface area contributed by atoms with E-state index in [0.717, 1.165) is 18.7 Å². The first-order valence-corrected chi connectivity index (χ1v) is 4.94. The maximum absolute atomic E-state index is 4.71. The van der Waals surface area contributed by atoms with Crippen LogP contribution in [0.3, 0.4) is 0 Å². The molecule has 3 nitrogen and oxygen atoms in total. The lowest BCUT2D eigenvalue weighted by Gasteiger charge is -1.98. The first-order chi connectivity index (χ1) is 6.45. The fourth-order valence-electron chi connectivity index (χ4n) is 1.06. The molecule has 0 radical (unpaired) electrons. The van der Waals surface area contributed by atoms with E-state index in [9.17, 15) is 0 Å². The second-order valence-electron chi connectivity index (χ2n) is 2.72. The summed E-state index contributed by atoms with van der Waals surface area (Å²) in [6, 6.07) is 4.17. The van der Waals surface area contributed by atoms with E-state index in [1.165, 1.54) is 4.88 Å². The van der Waals surface area contributed by atoms with Gasteiger partial charge in [-0.2, -0.15) is 0 Å². The Balaban J connectivity index is 1.76. The van der Waals surface area contributed by atoms with Gasteiger partial charge in [-0.15, -0.1) is 11.3 Å². The summed E-state index contributed by atoms with van der Waals surface area (Å²) in [4.78, 5) is 1.34. The van der Waals surface area contributed by atoms with Crippen molar-refractivity contribution in [3.63, 3.8) is 0 Å². The molecule has 0 amide bonds. The van der Waals surface area contributed by atoms with Crippen LogP contribution < -0.4 is 5.32 Å². The van der Waals surface area contributed by atoms with Crippen LogP contribution in [-0.4, -0.2) is 5.16 Å². The van der Waals surface area contributed by atoms with Gasteiger partial charge in [0.1, 0.15) is 6.26 Å². The predicted octanol–water partition coefficient (Wildman–Crippen LogP) is 2.03. The van der Waals surface area contributed by atoms with Gasteiger partial charge in [0.15, 0.2) is 0 Å². The Morgan fingerprint density at radius 2 is 2.46 bits per heavy atom. The number of hydrogen-bond acceptors (Lipinski definition) is 4. The molecule has 68 valence electrons. The zero-order valence-corrected chi connectivity index (χ0v) is 7.88. The molecule has 0 atom stereocenters. The van der Waals surface area contributed by atoms with Crippen molar-refractivity contribution in [3.05, 3.63) is 40.4 Å². The molecular weight excluding hydrogens is 184 g/mol. The smallest absolute Gasteiger partial charge is 0.128 e. The summed E-state index contributed by atoms with van der Waals surface area (Å²) < 4.78 is 4.71. The number of nitrogens with one attached hydrogen (secondary N) is 1. The number of aromatic nitrogens is 1. The highest BCUT2D eigenvalue weighted by Crippen LogP contribution is 2.07. The third kappa shape index (κ3) is 2.40. The minimum atomic E-state index is 0.807. The molecule has 0 spiro atoms. The van der Waals surface area contributed by atoms with Crippen LogP contribution in [0.4, 0.5) is 0 Å². The molecule has 0 saturated carbocycles. The molecule has 0 unspecified atom stereocenters. The van der Waals surface area contributed by atoms with Crippen molar-refractivity contribution in [1.29, 1.82) is 0 Å². The van der Waals surface area contributed by atoms with Crippen LogP contribution >= 0.6 is 11.3 Å². The number of thiophene rings is 1. The van der Waals surface area contributed by atoms with E-state index in [1.807, 2.05) is 0 Å². The van der Waals surface area contributed by atoms with E-state index in [2.05, 4.69) is 28.0 Å². The van der Waals surface area contributed by atoms with Gasteiger partial charge in [0, 0.05) is 23.5 Å².